The zero-order valence-corrected chi connectivity index (χ0v) is 16.8. The summed E-state index contributed by atoms with van der Waals surface area (Å²) < 4.78 is 0. The van der Waals surface area contributed by atoms with Crippen molar-refractivity contribution in [1.29, 1.82) is 0 Å². The molecule has 1 saturated carbocycles. The SMILES string of the molecule is O=C(CCl)NCC(NC(=O)CC1CCc2ccccc2C1)C1CCCCC1. The molecule has 0 radical (unpaired) electrons. The number of hydrogen-bond donors (Lipinski definition) is 2. The largest absolute Gasteiger partial charge is 0.353 e. The predicted molar refractivity (Wildman–Crippen MR) is 109 cm³/mol. The normalized spacial score (nSPS) is 21.1. The molecule has 2 amide bonds. The fourth-order valence-corrected chi connectivity index (χ4v) is 4.71. The first-order chi connectivity index (χ1) is 13.2. The standard InChI is InChI=1S/C22H31ClN2O2/c23-14-22(27)24-15-20(18-7-2-1-3-8-18)25-21(26)13-16-10-11-17-6-4-5-9-19(17)12-16/h4-6,9,16,18,20H,1-3,7-8,10-15H2,(H,24,27)(H,25,26). The molecule has 2 aliphatic carbocycles. The summed E-state index contributed by atoms with van der Waals surface area (Å²) in [5.41, 5.74) is 2.82. The average molecular weight is 391 g/mol. The van der Waals surface area contributed by atoms with Crippen molar-refractivity contribution in [3.05, 3.63) is 35.4 Å². The monoisotopic (exact) mass is 390 g/mol. The molecule has 2 N–H and O–H groups in total. The van der Waals surface area contributed by atoms with Crippen LogP contribution in [-0.4, -0.2) is 30.3 Å². The Bertz CT molecular complexity index is 643. The van der Waals surface area contributed by atoms with Crippen molar-refractivity contribution in [1.82, 2.24) is 10.6 Å². The highest BCUT2D eigenvalue weighted by Crippen LogP contribution is 2.29. The summed E-state index contributed by atoms with van der Waals surface area (Å²) in [6, 6.07) is 8.58. The van der Waals surface area contributed by atoms with Crippen molar-refractivity contribution in [3.8, 4) is 0 Å². The fraction of sp³-hybridized carbons (Fsp3) is 0.636. The molecule has 1 aromatic carbocycles. The van der Waals surface area contributed by atoms with Gasteiger partial charge in [0.1, 0.15) is 5.88 Å². The molecule has 2 unspecified atom stereocenters. The van der Waals surface area contributed by atoms with Crippen molar-refractivity contribution in [2.24, 2.45) is 11.8 Å². The van der Waals surface area contributed by atoms with E-state index < -0.39 is 0 Å². The van der Waals surface area contributed by atoms with Crippen LogP contribution in [0, 0.1) is 11.8 Å². The molecule has 1 aromatic rings. The number of halogens is 1. The van der Waals surface area contributed by atoms with Crippen LogP contribution in [0.2, 0.25) is 0 Å². The van der Waals surface area contributed by atoms with Crippen molar-refractivity contribution in [2.75, 3.05) is 12.4 Å². The Morgan fingerprint density at radius 1 is 1.04 bits per heavy atom. The van der Waals surface area contributed by atoms with Gasteiger partial charge in [0, 0.05) is 19.0 Å². The first-order valence-corrected chi connectivity index (χ1v) is 10.9. The minimum atomic E-state index is -0.171. The third kappa shape index (κ3) is 5.97. The molecule has 5 heteroatoms. The molecule has 0 aliphatic heterocycles. The van der Waals surface area contributed by atoms with Crippen molar-refractivity contribution >= 4 is 23.4 Å². The van der Waals surface area contributed by atoms with Crippen LogP contribution >= 0.6 is 11.6 Å². The number of carbonyl (C=O) groups is 2. The van der Waals surface area contributed by atoms with Gasteiger partial charge in [0.05, 0.1) is 0 Å². The molecule has 0 aromatic heterocycles. The number of aryl methyl sites for hydroxylation is 1. The van der Waals surface area contributed by atoms with Gasteiger partial charge in [0.2, 0.25) is 11.8 Å². The van der Waals surface area contributed by atoms with Gasteiger partial charge in [0.25, 0.3) is 0 Å². The summed E-state index contributed by atoms with van der Waals surface area (Å²) in [5, 5.41) is 6.11. The second-order valence-electron chi connectivity index (χ2n) is 8.09. The van der Waals surface area contributed by atoms with Crippen LogP contribution in [0.1, 0.15) is 56.1 Å². The van der Waals surface area contributed by atoms with Crippen molar-refractivity contribution < 1.29 is 9.59 Å². The third-order valence-electron chi connectivity index (χ3n) is 6.13. The number of benzene rings is 1. The number of fused-ring (bicyclic) bond motifs is 1. The molecule has 148 valence electrons. The molecule has 0 heterocycles. The summed E-state index contributed by atoms with van der Waals surface area (Å²) in [6.45, 7) is 0.482. The maximum Gasteiger partial charge on any atom is 0.234 e. The van der Waals surface area contributed by atoms with E-state index in [0.29, 0.717) is 24.8 Å². The minimum Gasteiger partial charge on any atom is -0.353 e. The molecule has 4 nitrogen and oxygen atoms in total. The Morgan fingerprint density at radius 2 is 1.78 bits per heavy atom. The van der Waals surface area contributed by atoms with Gasteiger partial charge in [-0.15, -0.1) is 11.6 Å². The van der Waals surface area contributed by atoms with Gasteiger partial charge < -0.3 is 10.6 Å². The van der Waals surface area contributed by atoms with Crippen LogP contribution in [0.25, 0.3) is 0 Å². The van der Waals surface area contributed by atoms with E-state index in [9.17, 15) is 9.59 Å². The Labute approximate surface area is 167 Å². The van der Waals surface area contributed by atoms with Crippen LogP contribution in [0.4, 0.5) is 0 Å². The first kappa shape index (κ1) is 20.2. The number of nitrogens with one attached hydrogen (secondary N) is 2. The topological polar surface area (TPSA) is 58.2 Å². The third-order valence-corrected chi connectivity index (χ3v) is 6.37. The van der Waals surface area contributed by atoms with Crippen molar-refractivity contribution in [2.45, 2.75) is 63.8 Å². The Balaban J connectivity index is 1.54. The van der Waals surface area contributed by atoms with Gasteiger partial charge in [-0.05, 0) is 55.1 Å². The Hall–Kier alpha value is -1.55. The van der Waals surface area contributed by atoms with Gasteiger partial charge in [-0.3, -0.25) is 9.59 Å². The number of amides is 2. The average Bonchev–Trinajstić information content (AvgIpc) is 2.71. The van der Waals surface area contributed by atoms with E-state index in [4.69, 9.17) is 11.6 Å². The van der Waals surface area contributed by atoms with Crippen LogP contribution in [0.15, 0.2) is 24.3 Å². The maximum absolute atomic E-state index is 12.7. The number of carbonyl (C=O) groups excluding carboxylic acids is 2. The molecule has 0 spiro atoms. The lowest BCUT2D eigenvalue weighted by molar-refractivity contribution is -0.124. The van der Waals surface area contributed by atoms with E-state index in [0.717, 1.165) is 32.1 Å². The van der Waals surface area contributed by atoms with E-state index in [1.807, 2.05) is 0 Å². The van der Waals surface area contributed by atoms with Gasteiger partial charge in [0.15, 0.2) is 0 Å². The summed E-state index contributed by atoms with van der Waals surface area (Å²) >= 11 is 5.60. The fourth-order valence-electron chi connectivity index (χ4n) is 4.62. The molecular formula is C22H31ClN2O2. The molecule has 27 heavy (non-hydrogen) atoms. The summed E-state index contributed by atoms with van der Waals surface area (Å²) in [5.74, 6) is 0.771. The number of rotatable bonds is 7. The predicted octanol–water partition coefficient (Wildman–Crippen LogP) is 3.60. The zero-order valence-electron chi connectivity index (χ0n) is 16.0. The Morgan fingerprint density at radius 3 is 2.52 bits per heavy atom. The second kappa shape index (κ2) is 10.1. The summed E-state index contributed by atoms with van der Waals surface area (Å²) in [7, 11) is 0. The van der Waals surface area contributed by atoms with Gasteiger partial charge in [-0.2, -0.15) is 0 Å². The van der Waals surface area contributed by atoms with Crippen molar-refractivity contribution in [3.63, 3.8) is 0 Å². The second-order valence-corrected chi connectivity index (χ2v) is 8.36. The lowest BCUT2D eigenvalue weighted by Gasteiger charge is -2.32. The van der Waals surface area contributed by atoms with E-state index in [1.165, 1.54) is 30.4 Å². The van der Waals surface area contributed by atoms with E-state index in [-0.39, 0.29) is 23.7 Å². The lowest BCUT2D eigenvalue weighted by atomic mass is 9.81. The van der Waals surface area contributed by atoms with Crippen LogP contribution in [0.5, 0.6) is 0 Å². The highest BCUT2D eigenvalue weighted by atomic mass is 35.5. The smallest absolute Gasteiger partial charge is 0.234 e. The molecule has 2 aliphatic rings. The molecular weight excluding hydrogens is 360 g/mol. The van der Waals surface area contributed by atoms with Gasteiger partial charge >= 0.3 is 0 Å². The molecule has 1 fully saturated rings. The van der Waals surface area contributed by atoms with E-state index in [2.05, 4.69) is 34.9 Å². The quantitative estimate of drug-likeness (QED) is 0.699. The Kier molecular flexibility index (Phi) is 7.57. The first-order valence-electron chi connectivity index (χ1n) is 10.3. The summed E-state index contributed by atoms with van der Waals surface area (Å²) in [6.07, 6.45) is 9.62. The summed E-state index contributed by atoms with van der Waals surface area (Å²) in [4.78, 5) is 24.3. The molecule has 0 bridgehead atoms. The van der Waals surface area contributed by atoms with Crippen LogP contribution in [-0.2, 0) is 22.4 Å². The molecule has 2 atom stereocenters. The zero-order chi connectivity index (χ0) is 19.1. The van der Waals surface area contributed by atoms with Gasteiger partial charge in [-0.1, -0.05) is 43.5 Å². The molecule has 3 rings (SSSR count). The number of alkyl halides is 1. The number of hydrogen-bond acceptors (Lipinski definition) is 2. The van der Waals surface area contributed by atoms with Gasteiger partial charge in [-0.25, -0.2) is 0 Å². The lowest BCUT2D eigenvalue weighted by Crippen LogP contribution is -2.49. The van der Waals surface area contributed by atoms with Crippen LogP contribution in [0.3, 0.4) is 0 Å². The highest BCUT2D eigenvalue weighted by Gasteiger charge is 2.27. The highest BCUT2D eigenvalue weighted by molar-refractivity contribution is 6.27. The van der Waals surface area contributed by atoms with Crippen LogP contribution < -0.4 is 10.6 Å². The molecule has 0 saturated heterocycles. The minimum absolute atomic E-state index is 0.0147. The van der Waals surface area contributed by atoms with E-state index >= 15 is 0 Å². The maximum atomic E-state index is 12.7. The van der Waals surface area contributed by atoms with E-state index in [1.54, 1.807) is 0 Å².